The number of nitrogens with zero attached hydrogens (tertiary/aromatic N) is 1. The van der Waals surface area contributed by atoms with Crippen molar-refractivity contribution >= 4 is 0 Å². The Labute approximate surface area is 107 Å². The Morgan fingerprint density at radius 2 is 2.06 bits per heavy atom. The molecule has 0 atom stereocenters. The van der Waals surface area contributed by atoms with Gasteiger partial charge in [0, 0.05) is 12.6 Å². The van der Waals surface area contributed by atoms with Crippen LogP contribution in [-0.2, 0) is 13.2 Å². The molecule has 4 heteroatoms. The van der Waals surface area contributed by atoms with Gasteiger partial charge in [0.25, 0.3) is 0 Å². The van der Waals surface area contributed by atoms with Gasteiger partial charge in [0.1, 0.15) is 12.4 Å². The van der Waals surface area contributed by atoms with Crippen LogP contribution in [-0.4, -0.2) is 11.7 Å². The lowest BCUT2D eigenvalue weighted by atomic mass is 10.2. The lowest BCUT2D eigenvalue weighted by Gasteiger charge is -2.06. The largest absolute Gasteiger partial charge is 0.486 e. The molecule has 4 nitrogen and oxygen atoms in total. The van der Waals surface area contributed by atoms with Gasteiger partial charge in [-0.05, 0) is 30.7 Å². The summed E-state index contributed by atoms with van der Waals surface area (Å²) in [5.41, 5.74) is 1.26. The Kier molecular flexibility index (Phi) is 4.78. The molecule has 96 valence electrons. The standard InChI is InChI=1S/C14H18N2O2/c1-2-8-15-10-12-3-5-13(6-4-12)17-11-14-7-9-16-18-14/h3-7,9,15H,2,8,10-11H2,1H3. The summed E-state index contributed by atoms with van der Waals surface area (Å²) in [6.07, 6.45) is 2.76. The highest BCUT2D eigenvalue weighted by atomic mass is 16.5. The zero-order valence-electron chi connectivity index (χ0n) is 10.6. The summed E-state index contributed by atoms with van der Waals surface area (Å²) in [7, 11) is 0. The summed E-state index contributed by atoms with van der Waals surface area (Å²) >= 11 is 0. The van der Waals surface area contributed by atoms with Crippen LogP contribution in [0.1, 0.15) is 24.7 Å². The van der Waals surface area contributed by atoms with Crippen molar-refractivity contribution in [3.63, 3.8) is 0 Å². The highest BCUT2D eigenvalue weighted by molar-refractivity contribution is 5.27. The quantitative estimate of drug-likeness (QED) is 0.763. The molecule has 0 amide bonds. The second kappa shape index (κ2) is 6.81. The van der Waals surface area contributed by atoms with Gasteiger partial charge >= 0.3 is 0 Å². The van der Waals surface area contributed by atoms with Crippen LogP contribution in [0.4, 0.5) is 0 Å². The van der Waals surface area contributed by atoms with Crippen LogP contribution >= 0.6 is 0 Å². The third-order valence-electron chi connectivity index (χ3n) is 2.55. The molecule has 1 aromatic heterocycles. The minimum absolute atomic E-state index is 0.410. The molecule has 0 aliphatic carbocycles. The molecule has 18 heavy (non-hydrogen) atoms. The fourth-order valence-electron chi connectivity index (χ4n) is 1.58. The van der Waals surface area contributed by atoms with Crippen LogP contribution in [0.2, 0.25) is 0 Å². The van der Waals surface area contributed by atoms with E-state index in [2.05, 4.69) is 29.5 Å². The maximum atomic E-state index is 5.58. The van der Waals surface area contributed by atoms with Gasteiger partial charge in [0.2, 0.25) is 0 Å². The molecule has 2 rings (SSSR count). The number of ether oxygens (including phenoxy) is 1. The van der Waals surface area contributed by atoms with Crippen molar-refractivity contribution in [3.8, 4) is 5.75 Å². The van der Waals surface area contributed by atoms with Gasteiger partial charge in [0.15, 0.2) is 5.76 Å². The summed E-state index contributed by atoms with van der Waals surface area (Å²) in [4.78, 5) is 0. The third-order valence-corrected chi connectivity index (χ3v) is 2.55. The third kappa shape index (κ3) is 3.89. The lowest BCUT2D eigenvalue weighted by molar-refractivity contribution is 0.249. The fourth-order valence-corrected chi connectivity index (χ4v) is 1.58. The number of nitrogens with one attached hydrogen (secondary N) is 1. The molecule has 0 unspecified atom stereocenters. The molecular weight excluding hydrogens is 228 g/mol. The number of hydrogen-bond donors (Lipinski definition) is 1. The zero-order valence-corrected chi connectivity index (χ0v) is 10.6. The maximum absolute atomic E-state index is 5.58. The van der Waals surface area contributed by atoms with E-state index in [-0.39, 0.29) is 0 Å². The zero-order chi connectivity index (χ0) is 12.6. The minimum Gasteiger partial charge on any atom is -0.486 e. The molecule has 1 N–H and O–H groups in total. The van der Waals surface area contributed by atoms with Crippen molar-refractivity contribution in [1.29, 1.82) is 0 Å². The predicted octanol–water partition coefficient (Wildman–Crippen LogP) is 2.75. The first kappa shape index (κ1) is 12.6. The van der Waals surface area contributed by atoms with Crippen molar-refractivity contribution in [1.82, 2.24) is 10.5 Å². The summed E-state index contributed by atoms with van der Waals surface area (Å²) in [6, 6.07) is 9.87. The van der Waals surface area contributed by atoms with E-state index in [0.29, 0.717) is 6.61 Å². The van der Waals surface area contributed by atoms with E-state index >= 15 is 0 Å². The summed E-state index contributed by atoms with van der Waals surface area (Å²) in [5.74, 6) is 1.56. The van der Waals surface area contributed by atoms with E-state index in [9.17, 15) is 0 Å². The van der Waals surface area contributed by atoms with Crippen LogP contribution in [0, 0.1) is 0 Å². The van der Waals surface area contributed by atoms with Gasteiger partial charge < -0.3 is 14.6 Å². The van der Waals surface area contributed by atoms with E-state index in [1.807, 2.05) is 12.1 Å². The number of hydrogen-bond acceptors (Lipinski definition) is 4. The van der Waals surface area contributed by atoms with E-state index in [1.165, 1.54) is 5.56 Å². The SMILES string of the molecule is CCCNCc1ccc(OCc2ccno2)cc1. The average molecular weight is 246 g/mol. The first-order valence-corrected chi connectivity index (χ1v) is 6.20. The van der Waals surface area contributed by atoms with Crippen molar-refractivity contribution in [2.24, 2.45) is 0 Å². The maximum Gasteiger partial charge on any atom is 0.174 e. The second-order valence-electron chi connectivity index (χ2n) is 4.09. The molecule has 0 fully saturated rings. The van der Waals surface area contributed by atoms with Crippen molar-refractivity contribution in [3.05, 3.63) is 47.9 Å². The Morgan fingerprint density at radius 3 is 2.72 bits per heavy atom. The molecule has 0 aliphatic rings. The minimum atomic E-state index is 0.410. The van der Waals surface area contributed by atoms with Gasteiger partial charge in [-0.1, -0.05) is 24.2 Å². The smallest absolute Gasteiger partial charge is 0.174 e. The molecule has 1 aromatic carbocycles. The molecular formula is C14H18N2O2. The molecule has 0 spiro atoms. The van der Waals surface area contributed by atoms with Crippen LogP contribution in [0.25, 0.3) is 0 Å². The first-order chi connectivity index (χ1) is 8.88. The monoisotopic (exact) mass is 246 g/mol. The highest BCUT2D eigenvalue weighted by Crippen LogP contribution is 2.14. The Bertz CT molecular complexity index is 437. The summed E-state index contributed by atoms with van der Waals surface area (Å²) in [6.45, 7) is 4.51. The van der Waals surface area contributed by atoms with Crippen LogP contribution in [0.3, 0.4) is 0 Å². The Morgan fingerprint density at radius 1 is 1.22 bits per heavy atom. The highest BCUT2D eigenvalue weighted by Gasteiger charge is 1.99. The van der Waals surface area contributed by atoms with Gasteiger partial charge in [-0.15, -0.1) is 0 Å². The van der Waals surface area contributed by atoms with E-state index in [0.717, 1.165) is 31.0 Å². The molecule has 0 aliphatic heterocycles. The van der Waals surface area contributed by atoms with Crippen LogP contribution in [0.15, 0.2) is 41.1 Å². The van der Waals surface area contributed by atoms with E-state index in [4.69, 9.17) is 9.26 Å². The normalized spacial score (nSPS) is 10.5. The van der Waals surface area contributed by atoms with E-state index in [1.54, 1.807) is 12.3 Å². The number of aromatic nitrogens is 1. The molecule has 0 radical (unpaired) electrons. The molecule has 0 saturated heterocycles. The van der Waals surface area contributed by atoms with Crippen molar-refractivity contribution < 1.29 is 9.26 Å². The van der Waals surface area contributed by atoms with E-state index < -0.39 is 0 Å². The van der Waals surface area contributed by atoms with Gasteiger partial charge in [-0.25, -0.2) is 0 Å². The molecule has 0 saturated carbocycles. The predicted molar refractivity (Wildman–Crippen MR) is 69.3 cm³/mol. The summed E-state index contributed by atoms with van der Waals surface area (Å²) in [5, 5.41) is 6.99. The van der Waals surface area contributed by atoms with Crippen molar-refractivity contribution in [2.75, 3.05) is 6.54 Å². The molecule has 2 aromatic rings. The second-order valence-corrected chi connectivity index (χ2v) is 4.09. The number of rotatable bonds is 7. The van der Waals surface area contributed by atoms with Crippen LogP contribution in [0.5, 0.6) is 5.75 Å². The molecule has 0 bridgehead atoms. The Hall–Kier alpha value is -1.81. The summed E-state index contributed by atoms with van der Waals surface area (Å²) < 4.78 is 10.5. The average Bonchev–Trinajstić information content (AvgIpc) is 2.91. The fraction of sp³-hybridized carbons (Fsp3) is 0.357. The lowest BCUT2D eigenvalue weighted by Crippen LogP contribution is -2.13. The molecule has 1 heterocycles. The first-order valence-electron chi connectivity index (χ1n) is 6.20. The Balaban J connectivity index is 1.80. The van der Waals surface area contributed by atoms with Gasteiger partial charge in [-0.3, -0.25) is 0 Å². The van der Waals surface area contributed by atoms with Crippen LogP contribution < -0.4 is 10.1 Å². The van der Waals surface area contributed by atoms with Gasteiger partial charge in [-0.2, -0.15) is 0 Å². The van der Waals surface area contributed by atoms with Gasteiger partial charge in [0.05, 0.1) is 6.20 Å². The van der Waals surface area contributed by atoms with Crippen molar-refractivity contribution in [2.45, 2.75) is 26.5 Å². The topological polar surface area (TPSA) is 47.3 Å². The number of benzene rings is 1.